The van der Waals surface area contributed by atoms with Crippen molar-refractivity contribution in [2.24, 2.45) is 0 Å². The quantitative estimate of drug-likeness (QED) is 0.280. The fourth-order valence-corrected chi connectivity index (χ4v) is 4.84. The Hall–Kier alpha value is -2.58. The number of phosphoric acid groups is 1. The van der Waals surface area contributed by atoms with Gasteiger partial charge in [0.15, 0.2) is 11.8 Å². The molecule has 0 saturated carbocycles. The van der Waals surface area contributed by atoms with E-state index in [0.29, 0.717) is 16.7 Å². The summed E-state index contributed by atoms with van der Waals surface area (Å²) in [5.74, 6) is 0. The Balaban J connectivity index is 1.58. The molecule has 1 aliphatic rings. The maximum absolute atomic E-state index is 13.1. The molecule has 3 heterocycles. The third-order valence-electron chi connectivity index (χ3n) is 5.29. The Morgan fingerprint density at radius 1 is 1.23 bits per heavy atom. The predicted molar refractivity (Wildman–Crippen MR) is 115 cm³/mol. The number of benzene rings is 1. The maximum atomic E-state index is 13.1. The van der Waals surface area contributed by atoms with Gasteiger partial charge in [0, 0.05) is 22.2 Å². The summed E-state index contributed by atoms with van der Waals surface area (Å²) < 4.78 is 42.9. The van der Waals surface area contributed by atoms with Gasteiger partial charge in [-0.05, 0) is 23.4 Å². The van der Waals surface area contributed by atoms with E-state index in [1.807, 2.05) is 13.0 Å². The van der Waals surface area contributed by atoms with Gasteiger partial charge in [-0.3, -0.25) is 23.3 Å². The van der Waals surface area contributed by atoms with Crippen LogP contribution in [-0.2, 0) is 29.2 Å². The second-order valence-electron chi connectivity index (χ2n) is 7.69. The highest BCUT2D eigenvalue weighted by Gasteiger charge is 2.46. The summed E-state index contributed by atoms with van der Waals surface area (Å²) in [6, 6.07) is 6.35. The average Bonchev–Trinajstić information content (AvgIpc) is 3.29. The summed E-state index contributed by atoms with van der Waals surface area (Å²) in [5, 5.41) is 25.2. The average molecular weight is 532 g/mol. The SMILES string of the molecule is Cc1ccc2onc(Cn3c(=O)ccn([C@@H]4O[C@H](COP(=O)(O)O[P+](=O)O)[C@H](O)C4O)c3=O)c2c1. The first-order chi connectivity index (χ1) is 16.5. The molecule has 1 fully saturated rings. The van der Waals surface area contributed by atoms with E-state index in [0.717, 1.165) is 27.0 Å². The smallest absolute Gasteiger partial charge is 0.387 e. The zero-order valence-corrected chi connectivity index (χ0v) is 19.7. The van der Waals surface area contributed by atoms with Crippen molar-refractivity contribution in [3.63, 3.8) is 0 Å². The molecular formula is C18H20N3O12P2+. The molecule has 17 heteroatoms. The lowest BCUT2D eigenvalue weighted by molar-refractivity contribution is -0.0546. The van der Waals surface area contributed by atoms with Gasteiger partial charge in [-0.25, -0.2) is 9.36 Å². The number of aromatic nitrogens is 3. The van der Waals surface area contributed by atoms with Crippen LogP contribution < -0.4 is 11.2 Å². The minimum Gasteiger partial charge on any atom is -0.387 e. The molecule has 6 atom stereocenters. The number of phosphoric ester groups is 1. The van der Waals surface area contributed by atoms with E-state index in [1.54, 1.807) is 12.1 Å². The molecule has 0 radical (unpaired) electrons. The molecular weight excluding hydrogens is 512 g/mol. The number of hydrogen-bond donors (Lipinski definition) is 4. The molecule has 0 amide bonds. The first-order valence-corrected chi connectivity index (χ1v) is 12.6. The van der Waals surface area contributed by atoms with Gasteiger partial charge in [0.2, 0.25) is 0 Å². The van der Waals surface area contributed by atoms with E-state index >= 15 is 0 Å². The molecule has 4 N–H and O–H groups in total. The molecule has 0 bridgehead atoms. The molecule has 4 rings (SSSR count). The monoisotopic (exact) mass is 532 g/mol. The molecule has 3 unspecified atom stereocenters. The topological polar surface area (TPSA) is 213 Å². The van der Waals surface area contributed by atoms with Crippen molar-refractivity contribution < 1.29 is 47.2 Å². The van der Waals surface area contributed by atoms with Crippen molar-refractivity contribution in [1.82, 2.24) is 14.3 Å². The van der Waals surface area contributed by atoms with Crippen LogP contribution >= 0.6 is 16.1 Å². The van der Waals surface area contributed by atoms with Crippen molar-refractivity contribution >= 4 is 27.0 Å². The maximum Gasteiger partial charge on any atom is 0.705 e. The number of hydrogen-bond acceptors (Lipinski definition) is 11. The van der Waals surface area contributed by atoms with Crippen LogP contribution in [0.15, 0.2) is 44.6 Å². The zero-order chi connectivity index (χ0) is 25.5. The summed E-state index contributed by atoms with van der Waals surface area (Å²) in [6.07, 6.45) is -5.24. The van der Waals surface area contributed by atoms with Crippen LogP contribution in [0.25, 0.3) is 11.0 Å². The van der Waals surface area contributed by atoms with E-state index < -0.39 is 58.5 Å². The number of ether oxygens (including phenoxy) is 1. The largest absolute Gasteiger partial charge is 0.705 e. The molecule has 1 saturated heterocycles. The number of fused-ring (bicyclic) bond motifs is 1. The first-order valence-electron chi connectivity index (χ1n) is 9.98. The van der Waals surface area contributed by atoms with Gasteiger partial charge >= 0.3 is 21.8 Å². The van der Waals surface area contributed by atoms with E-state index in [4.69, 9.17) is 14.2 Å². The lowest BCUT2D eigenvalue weighted by Gasteiger charge is -2.18. The highest BCUT2D eigenvalue weighted by atomic mass is 31.2. The fraction of sp³-hybridized carbons (Fsp3) is 0.389. The van der Waals surface area contributed by atoms with Gasteiger partial charge in [0.25, 0.3) is 5.56 Å². The molecule has 1 aliphatic heterocycles. The summed E-state index contributed by atoms with van der Waals surface area (Å²) >= 11 is 0. The minimum absolute atomic E-state index is 0.253. The van der Waals surface area contributed by atoms with Crippen LogP contribution in [0, 0.1) is 6.92 Å². The Morgan fingerprint density at radius 3 is 2.69 bits per heavy atom. The van der Waals surface area contributed by atoms with Crippen molar-refractivity contribution in [1.29, 1.82) is 0 Å². The Morgan fingerprint density at radius 2 is 1.97 bits per heavy atom. The third-order valence-corrected chi connectivity index (χ3v) is 7.15. The van der Waals surface area contributed by atoms with Crippen LogP contribution in [0.2, 0.25) is 0 Å². The van der Waals surface area contributed by atoms with Gasteiger partial charge in [0.05, 0.1) is 13.2 Å². The molecule has 188 valence electrons. The lowest BCUT2D eigenvalue weighted by Crippen LogP contribution is -2.43. The Labute approximate surface area is 196 Å². The lowest BCUT2D eigenvalue weighted by atomic mass is 10.1. The molecule has 1 aromatic carbocycles. The molecule has 0 aliphatic carbocycles. The zero-order valence-electron chi connectivity index (χ0n) is 17.9. The van der Waals surface area contributed by atoms with Gasteiger partial charge in [0.1, 0.15) is 24.0 Å². The fourth-order valence-electron chi connectivity index (χ4n) is 3.61. The second kappa shape index (κ2) is 9.82. The van der Waals surface area contributed by atoms with Crippen LogP contribution in [0.3, 0.4) is 0 Å². The van der Waals surface area contributed by atoms with Gasteiger partial charge < -0.3 is 19.5 Å². The van der Waals surface area contributed by atoms with Crippen LogP contribution in [-0.4, -0.2) is 59.2 Å². The number of rotatable bonds is 8. The standard InChI is InChI=1S/C18H19N3O12P2/c1-9-2-3-12-10(6-9)11(19-32-12)7-21-14(22)4-5-20(18(21)25)17-16(24)15(23)13(31-17)8-30-35(28,29)33-34(26)27/h2-6,13,15-17,23-24H,7-8H2,1H3,(H-,26,27,28,29)/p+1/t13-,15+,16?,17-/m1/s1. The predicted octanol–water partition coefficient (Wildman–Crippen LogP) is -0.0896. The van der Waals surface area contributed by atoms with Crippen molar-refractivity contribution in [3.05, 3.63) is 62.6 Å². The summed E-state index contributed by atoms with van der Waals surface area (Å²) in [5.41, 5.74) is 0.132. The van der Waals surface area contributed by atoms with Crippen molar-refractivity contribution in [2.45, 2.75) is 38.0 Å². The van der Waals surface area contributed by atoms with E-state index in [2.05, 4.69) is 14.0 Å². The van der Waals surface area contributed by atoms with Gasteiger partial charge in [-0.2, -0.15) is 0 Å². The first kappa shape index (κ1) is 25.5. The Bertz CT molecular complexity index is 1430. The van der Waals surface area contributed by atoms with Crippen LogP contribution in [0.1, 0.15) is 17.5 Å². The highest BCUT2D eigenvalue weighted by molar-refractivity contribution is 7.55. The van der Waals surface area contributed by atoms with Crippen molar-refractivity contribution in [3.8, 4) is 0 Å². The van der Waals surface area contributed by atoms with Crippen LogP contribution in [0.5, 0.6) is 0 Å². The number of aliphatic hydroxyl groups excluding tert-OH is 2. The highest BCUT2D eigenvalue weighted by Crippen LogP contribution is 2.51. The second-order valence-corrected chi connectivity index (χ2v) is 10.0. The number of aryl methyl sites for hydroxylation is 1. The number of nitrogens with zero attached hydrogens (tertiary/aromatic N) is 3. The molecule has 0 spiro atoms. The molecule has 2 aromatic heterocycles. The van der Waals surface area contributed by atoms with E-state index in [1.165, 1.54) is 0 Å². The normalized spacial score (nSPS) is 24.5. The summed E-state index contributed by atoms with van der Waals surface area (Å²) in [6.45, 7) is 0.773. The Kier molecular flexibility index (Phi) is 7.16. The minimum atomic E-state index is -4.96. The van der Waals surface area contributed by atoms with E-state index in [-0.39, 0.29) is 6.54 Å². The summed E-state index contributed by atoms with van der Waals surface area (Å²) in [7, 11) is -8.41. The van der Waals surface area contributed by atoms with Gasteiger partial charge in [-0.1, -0.05) is 16.8 Å². The van der Waals surface area contributed by atoms with E-state index in [9.17, 15) is 33.8 Å². The molecule has 3 aromatic rings. The van der Waals surface area contributed by atoms with Crippen LogP contribution in [0.4, 0.5) is 0 Å². The molecule has 15 nitrogen and oxygen atoms in total. The summed E-state index contributed by atoms with van der Waals surface area (Å²) in [4.78, 5) is 43.5. The van der Waals surface area contributed by atoms with Gasteiger partial charge in [-0.15, -0.1) is 4.89 Å². The molecule has 35 heavy (non-hydrogen) atoms. The third kappa shape index (κ3) is 5.33. The van der Waals surface area contributed by atoms with Crippen molar-refractivity contribution in [2.75, 3.05) is 6.61 Å². The number of aliphatic hydroxyl groups is 2.